The number of likely N-dealkylation sites (tertiary alicyclic amines) is 1. The lowest BCUT2D eigenvalue weighted by Crippen LogP contribution is -2.42. The Kier molecular flexibility index (Phi) is 7.45. The molecule has 0 bridgehead atoms. The summed E-state index contributed by atoms with van der Waals surface area (Å²) in [4.78, 5) is 30.1. The number of carbonyl (C=O) groups excluding carboxylic acids is 2. The van der Waals surface area contributed by atoms with E-state index in [1.54, 1.807) is 29.2 Å². The zero-order chi connectivity index (χ0) is 24.1. The quantitative estimate of drug-likeness (QED) is 0.281. The summed E-state index contributed by atoms with van der Waals surface area (Å²) in [5, 5.41) is 11.3. The van der Waals surface area contributed by atoms with Crippen molar-refractivity contribution >= 4 is 17.4 Å². The predicted molar refractivity (Wildman–Crippen MR) is 130 cm³/mol. The van der Waals surface area contributed by atoms with Gasteiger partial charge in [-0.3, -0.25) is 14.5 Å². The van der Waals surface area contributed by atoms with E-state index >= 15 is 0 Å². The van der Waals surface area contributed by atoms with E-state index in [1.807, 2.05) is 37.3 Å². The predicted octanol–water partition coefficient (Wildman–Crippen LogP) is 3.31. The number of Topliss-reactive ketones (excluding diaryl/α,β-unsaturated/α-hetero) is 1. The number of aliphatic hydroxyl groups excluding tert-OH is 1. The molecule has 2 aliphatic rings. The van der Waals surface area contributed by atoms with Gasteiger partial charge in [0.15, 0.2) is 0 Å². The topological polar surface area (TPSA) is 79.3 Å². The van der Waals surface area contributed by atoms with Gasteiger partial charge in [-0.25, -0.2) is 0 Å². The number of ketones is 1. The summed E-state index contributed by atoms with van der Waals surface area (Å²) in [7, 11) is 0. The first-order valence-corrected chi connectivity index (χ1v) is 11.5. The Morgan fingerprint density at radius 1 is 1.15 bits per heavy atom. The number of ether oxygens (including phenoxy) is 2. The number of aryl methyl sites for hydroxylation is 1. The Hall–Kier alpha value is -3.42. The largest absolute Gasteiger partial charge is 0.507 e. The Labute approximate surface area is 199 Å². The highest BCUT2D eigenvalue weighted by Crippen LogP contribution is 2.39. The van der Waals surface area contributed by atoms with Gasteiger partial charge in [-0.2, -0.15) is 0 Å². The molecule has 0 radical (unpaired) electrons. The minimum absolute atomic E-state index is 0.109. The monoisotopic (exact) mass is 462 g/mol. The van der Waals surface area contributed by atoms with Gasteiger partial charge in [0.1, 0.15) is 18.1 Å². The van der Waals surface area contributed by atoms with Crippen LogP contribution in [0.1, 0.15) is 22.7 Å². The average Bonchev–Trinajstić information content (AvgIpc) is 3.12. The maximum absolute atomic E-state index is 13.2. The summed E-state index contributed by atoms with van der Waals surface area (Å²) >= 11 is 0. The fraction of sp³-hybridized carbons (Fsp3) is 0.333. The van der Waals surface area contributed by atoms with Crippen molar-refractivity contribution in [2.75, 3.05) is 46.0 Å². The number of nitrogens with zero attached hydrogens (tertiary/aromatic N) is 2. The van der Waals surface area contributed by atoms with Crippen LogP contribution in [0.2, 0.25) is 0 Å². The van der Waals surface area contributed by atoms with E-state index in [0.29, 0.717) is 44.2 Å². The van der Waals surface area contributed by atoms with Crippen molar-refractivity contribution in [2.45, 2.75) is 13.0 Å². The molecule has 7 heteroatoms. The van der Waals surface area contributed by atoms with Gasteiger partial charge >= 0.3 is 0 Å². The molecule has 1 N–H and O–H groups in total. The smallest absolute Gasteiger partial charge is 0.295 e. The molecular formula is C27H30N2O5. The van der Waals surface area contributed by atoms with Gasteiger partial charge in [0, 0.05) is 31.7 Å². The van der Waals surface area contributed by atoms with Crippen LogP contribution in [0, 0.1) is 6.92 Å². The molecular weight excluding hydrogens is 432 g/mol. The SMILES string of the molecule is C=CCOc1ccc(/C(O)=C2\C(=O)C(=O)N(CCN3CCOCC3)C2c2ccccc2)cc1C. The molecule has 1 amide bonds. The van der Waals surface area contributed by atoms with Crippen molar-refractivity contribution in [1.29, 1.82) is 0 Å². The Bertz CT molecular complexity index is 1090. The van der Waals surface area contributed by atoms with Crippen molar-refractivity contribution in [3.8, 4) is 5.75 Å². The maximum atomic E-state index is 13.2. The molecule has 0 spiro atoms. The van der Waals surface area contributed by atoms with E-state index in [0.717, 1.165) is 24.2 Å². The first kappa shape index (κ1) is 23.7. The molecule has 4 rings (SSSR count). The summed E-state index contributed by atoms with van der Waals surface area (Å²) in [6, 6.07) is 13.9. The van der Waals surface area contributed by atoms with E-state index in [-0.39, 0.29) is 11.3 Å². The zero-order valence-electron chi connectivity index (χ0n) is 19.4. The average molecular weight is 463 g/mol. The number of carbonyl (C=O) groups is 2. The normalized spacial score (nSPS) is 20.5. The summed E-state index contributed by atoms with van der Waals surface area (Å²) < 4.78 is 11.0. The summed E-state index contributed by atoms with van der Waals surface area (Å²) in [6.45, 7) is 9.81. The molecule has 34 heavy (non-hydrogen) atoms. The van der Waals surface area contributed by atoms with Gasteiger partial charge in [-0.05, 0) is 36.2 Å². The minimum Gasteiger partial charge on any atom is -0.507 e. The molecule has 178 valence electrons. The van der Waals surface area contributed by atoms with Crippen LogP contribution < -0.4 is 4.74 Å². The van der Waals surface area contributed by atoms with Crippen LogP contribution in [0.15, 0.2) is 66.8 Å². The second-order valence-corrected chi connectivity index (χ2v) is 8.44. The van der Waals surface area contributed by atoms with Crippen LogP contribution in [0.5, 0.6) is 5.75 Å². The number of amides is 1. The lowest BCUT2D eigenvalue weighted by Gasteiger charge is -2.31. The van der Waals surface area contributed by atoms with E-state index in [1.165, 1.54) is 0 Å². The Morgan fingerprint density at radius 3 is 2.56 bits per heavy atom. The number of benzene rings is 2. The highest BCUT2D eigenvalue weighted by molar-refractivity contribution is 6.46. The summed E-state index contributed by atoms with van der Waals surface area (Å²) in [5.41, 5.74) is 2.17. The number of hydrogen-bond donors (Lipinski definition) is 1. The molecule has 1 atom stereocenters. The lowest BCUT2D eigenvalue weighted by atomic mass is 9.95. The van der Waals surface area contributed by atoms with Gasteiger partial charge in [-0.1, -0.05) is 43.0 Å². The van der Waals surface area contributed by atoms with Gasteiger partial charge in [0.2, 0.25) is 0 Å². The number of aliphatic hydroxyl groups is 1. The Morgan fingerprint density at radius 2 is 1.88 bits per heavy atom. The molecule has 0 aliphatic carbocycles. The third-order valence-corrected chi connectivity index (χ3v) is 6.22. The van der Waals surface area contributed by atoms with E-state index < -0.39 is 17.7 Å². The molecule has 2 fully saturated rings. The van der Waals surface area contributed by atoms with Gasteiger partial charge in [0.25, 0.3) is 11.7 Å². The van der Waals surface area contributed by atoms with Crippen molar-refractivity contribution in [2.24, 2.45) is 0 Å². The molecule has 7 nitrogen and oxygen atoms in total. The first-order valence-electron chi connectivity index (χ1n) is 11.5. The third kappa shape index (κ3) is 4.90. The molecule has 2 aliphatic heterocycles. The second-order valence-electron chi connectivity index (χ2n) is 8.44. The molecule has 2 aromatic carbocycles. The standard InChI is InChI=1S/C27H30N2O5/c1-3-15-34-22-10-9-21(18-19(22)2)25(30)23-24(20-7-5-4-6-8-20)29(27(32)26(23)31)12-11-28-13-16-33-17-14-28/h3-10,18,24,30H,1,11-17H2,2H3/b25-23+. The van der Waals surface area contributed by atoms with Gasteiger partial charge in [-0.15, -0.1) is 0 Å². The molecule has 0 aromatic heterocycles. The highest BCUT2D eigenvalue weighted by Gasteiger charge is 2.46. The fourth-order valence-corrected chi connectivity index (χ4v) is 4.43. The van der Waals surface area contributed by atoms with E-state index in [4.69, 9.17) is 9.47 Å². The van der Waals surface area contributed by atoms with Gasteiger partial charge < -0.3 is 19.5 Å². The Balaban J connectivity index is 1.70. The van der Waals surface area contributed by atoms with Crippen molar-refractivity contribution in [1.82, 2.24) is 9.80 Å². The second kappa shape index (κ2) is 10.7. The highest BCUT2D eigenvalue weighted by atomic mass is 16.5. The van der Waals surface area contributed by atoms with Crippen molar-refractivity contribution < 1.29 is 24.2 Å². The molecule has 1 unspecified atom stereocenters. The molecule has 2 saturated heterocycles. The number of rotatable bonds is 8. The fourth-order valence-electron chi connectivity index (χ4n) is 4.43. The van der Waals surface area contributed by atoms with Crippen LogP contribution in [0.4, 0.5) is 0 Å². The van der Waals surface area contributed by atoms with Crippen LogP contribution in [0.3, 0.4) is 0 Å². The number of hydrogen-bond acceptors (Lipinski definition) is 6. The van der Waals surface area contributed by atoms with Crippen LogP contribution in [0.25, 0.3) is 5.76 Å². The van der Waals surface area contributed by atoms with E-state index in [9.17, 15) is 14.7 Å². The summed E-state index contributed by atoms with van der Waals surface area (Å²) in [6.07, 6.45) is 1.66. The van der Waals surface area contributed by atoms with Crippen molar-refractivity contribution in [3.05, 3.63) is 83.4 Å². The summed E-state index contributed by atoms with van der Waals surface area (Å²) in [5.74, 6) is -0.772. The lowest BCUT2D eigenvalue weighted by molar-refractivity contribution is -0.140. The zero-order valence-corrected chi connectivity index (χ0v) is 19.4. The maximum Gasteiger partial charge on any atom is 0.295 e. The van der Waals surface area contributed by atoms with Crippen molar-refractivity contribution in [3.63, 3.8) is 0 Å². The third-order valence-electron chi connectivity index (χ3n) is 6.22. The van der Waals surface area contributed by atoms with E-state index in [2.05, 4.69) is 11.5 Å². The minimum atomic E-state index is -0.669. The van der Waals surface area contributed by atoms with Crippen LogP contribution >= 0.6 is 0 Å². The number of morpholine rings is 1. The molecule has 2 heterocycles. The molecule has 0 saturated carbocycles. The first-order chi connectivity index (χ1) is 16.5. The van der Waals surface area contributed by atoms with Crippen LogP contribution in [-0.4, -0.2) is 72.6 Å². The molecule has 2 aromatic rings. The van der Waals surface area contributed by atoms with Gasteiger partial charge in [0.05, 0.1) is 24.8 Å². The van der Waals surface area contributed by atoms with Crippen LogP contribution in [-0.2, 0) is 14.3 Å².